The Hall–Kier alpha value is -1.55. The van der Waals surface area contributed by atoms with Crippen molar-refractivity contribution in [3.8, 4) is 0 Å². The number of benzene rings is 1. The predicted molar refractivity (Wildman–Crippen MR) is 85.8 cm³/mol. The highest BCUT2D eigenvalue weighted by atomic mass is 15.3. The number of hydrogen-bond acceptors (Lipinski definition) is 2. The van der Waals surface area contributed by atoms with Gasteiger partial charge in [0.1, 0.15) is 0 Å². The molecular weight excluding hydrogens is 248 g/mol. The van der Waals surface area contributed by atoms with E-state index in [4.69, 9.17) is 10.8 Å². The van der Waals surface area contributed by atoms with Gasteiger partial charge in [-0.15, -0.1) is 0 Å². The Morgan fingerprint density at radius 3 is 2.30 bits per heavy atom. The third kappa shape index (κ3) is 3.51. The number of guanidine groups is 1. The lowest BCUT2D eigenvalue weighted by Crippen LogP contribution is -2.37. The number of hydrazine groups is 1. The van der Waals surface area contributed by atoms with Gasteiger partial charge >= 0.3 is 0 Å². The Labute approximate surface area is 121 Å². The molecule has 0 aliphatic heterocycles. The van der Waals surface area contributed by atoms with E-state index in [1.807, 2.05) is 0 Å². The van der Waals surface area contributed by atoms with E-state index < -0.39 is 0 Å². The van der Waals surface area contributed by atoms with Crippen LogP contribution in [0.4, 0.5) is 5.69 Å². The van der Waals surface area contributed by atoms with Gasteiger partial charge in [0.25, 0.3) is 0 Å². The normalized spacial score (nSPS) is 16.4. The largest absolute Gasteiger partial charge is 0.325 e. The molecule has 0 unspecified atom stereocenters. The van der Waals surface area contributed by atoms with Gasteiger partial charge in [-0.1, -0.05) is 44.9 Å². The molecule has 1 aromatic rings. The average molecular weight is 274 g/mol. The maximum Gasteiger partial charge on any atom is 0.210 e. The summed E-state index contributed by atoms with van der Waals surface area (Å²) in [6, 6.07) is 6.84. The van der Waals surface area contributed by atoms with Crippen LogP contribution in [-0.4, -0.2) is 12.0 Å². The van der Waals surface area contributed by atoms with Crippen LogP contribution in [0.3, 0.4) is 0 Å². The molecule has 0 aromatic heterocycles. The SMILES string of the molecule is CCc1cccc(CC)c1NC(=NC1CCCC1)NN. The summed E-state index contributed by atoms with van der Waals surface area (Å²) >= 11 is 0. The molecule has 1 aromatic carbocycles. The molecule has 1 aliphatic rings. The van der Waals surface area contributed by atoms with E-state index >= 15 is 0 Å². The maximum absolute atomic E-state index is 5.64. The van der Waals surface area contributed by atoms with Crippen LogP contribution < -0.4 is 16.6 Å². The minimum Gasteiger partial charge on any atom is -0.325 e. The molecule has 4 N–H and O–H groups in total. The number of aryl methyl sites for hydroxylation is 2. The van der Waals surface area contributed by atoms with Crippen molar-refractivity contribution in [3.05, 3.63) is 29.3 Å². The van der Waals surface area contributed by atoms with E-state index in [9.17, 15) is 0 Å². The Morgan fingerprint density at radius 2 is 1.80 bits per heavy atom. The van der Waals surface area contributed by atoms with Crippen LogP contribution >= 0.6 is 0 Å². The van der Waals surface area contributed by atoms with Gasteiger partial charge in [-0.3, -0.25) is 5.43 Å². The van der Waals surface area contributed by atoms with Gasteiger partial charge in [0.05, 0.1) is 6.04 Å². The van der Waals surface area contributed by atoms with Crippen molar-refractivity contribution < 1.29 is 0 Å². The number of nitrogens with one attached hydrogen (secondary N) is 2. The van der Waals surface area contributed by atoms with Crippen LogP contribution in [0.5, 0.6) is 0 Å². The Morgan fingerprint density at radius 1 is 1.20 bits per heavy atom. The molecule has 110 valence electrons. The molecule has 4 heteroatoms. The van der Waals surface area contributed by atoms with E-state index in [1.54, 1.807) is 0 Å². The third-order valence-electron chi connectivity index (χ3n) is 4.02. The fourth-order valence-electron chi connectivity index (χ4n) is 2.84. The second-order valence-electron chi connectivity index (χ2n) is 5.34. The van der Waals surface area contributed by atoms with Crippen LogP contribution in [0.15, 0.2) is 23.2 Å². The monoisotopic (exact) mass is 274 g/mol. The molecule has 0 bridgehead atoms. The molecule has 1 aliphatic carbocycles. The number of rotatable bonds is 4. The number of aliphatic imine (C=N–C) groups is 1. The summed E-state index contributed by atoms with van der Waals surface area (Å²) < 4.78 is 0. The summed E-state index contributed by atoms with van der Waals surface area (Å²) in [5, 5.41) is 3.41. The van der Waals surface area contributed by atoms with E-state index in [1.165, 1.54) is 36.8 Å². The topological polar surface area (TPSA) is 62.4 Å². The molecular formula is C16H26N4. The zero-order valence-corrected chi connectivity index (χ0v) is 12.6. The summed E-state index contributed by atoms with van der Waals surface area (Å²) in [5.41, 5.74) is 6.49. The van der Waals surface area contributed by atoms with Crippen molar-refractivity contribution in [1.82, 2.24) is 5.43 Å². The fraction of sp³-hybridized carbons (Fsp3) is 0.562. The van der Waals surface area contributed by atoms with Crippen LogP contribution in [0.2, 0.25) is 0 Å². The molecule has 1 fully saturated rings. The van der Waals surface area contributed by atoms with Gasteiger partial charge in [-0.25, -0.2) is 10.8 Å². The third-order valence-corrected chi connectivity index (χ3v) is 4.02. The first-order valence-electron chi connectivity index (χ1n) is 7.70. The summed E-state index contributed by atoms with van der Waals surface area (Å²) in [7, 11) is 0. The highest BCUT2D eigenvalue weighted by Gasteiger charge is 2.15. The summed E-state index contributed by atoms with van der Waals surface area (Å²) in [5.74, 6) is 6.33. The summed E-state index contributed by atoms with van der Waals surface area (Å²) in [4.78, 5) is 4.71. The number of anilines is 1. The zero-order valence-electron chi connectivity index (χ0n) is 12.6. The molecule has 20 heavy (non-hydrogen) atoms. The quantitative estimate of drug-likeness (QED) is 0.342. The smallest absolute Gasteiger partial charge is 0.210 e. The van der Waals surface area contributed by atoms with Gasteiger partial charge in [0, 0.05) is 5.69 Å². The number of para-hydroxylation sites is 1. The minimum atomic E-state index is 0.410. The highest BCUT2D eigenvalue weighted by Crippen LogP contribution is 2.24. The van der Waals surface area contributed by atoms with E-state index in [-0.39, 0.29) is 0 Å². The standard InChI is InChI=1S/C16H26N4/c1-3-12-8-7-9-13(4-2)15(12)19-16(20-17)18-14-10-5-6-11-14/h7-9,14H,3-6,10-11,17H2,1-2H3,(H2,18,19,20). The predicted octanol–water partition coefficient (Wildman–Crippen LogP) is 2.99. The second-order valence-corrected chi connectivity index (χ2v) is 5.34. The molecule has 0 atom stereocenters. The molecule has 1 saturated carbocycles. The number of hydrogen-bond donors (Lipinski definition) is 3. The Kier molecular flexibility index (Phi) is 5.41. The first kappa shape index (κ1) is 14.9. The van der Waals surface area contributed by atoms with Gasteiger partial charge in [-0.2, -0.15) is 0 Å². The van der Waals surface area contributed by atoms with Crippen LogP contribution in [0.1, 0.15) is 50.7 Å². The van der Waals surface area contributed by atoms with Crippen LogP contribution in [-0.2, 0) is 12.8 Å². The lowest BCUT2D eigenvalue weighted by Gasteiger charge is -2.17. The minimum absolute atomic E-state index is 0.410. The fourth-order valence-corrected chi connectivity index (χ4v) is 2.84. The molecule has 2 rings (SSSR count). The highest BCUT2D eigenvalue weighted by molar-refractivity contribution is 5.94. The lowest BCUT2D eigenvalue weighted by molar-refractivity contribution is 0.700. The first-order chi connectivity index (χ1) is 9.78. The molecule has 0 saturated heterocycles. The van der Waals surface area contributed by atoms with E-state index in [0.717, 1.165) is 18.5 Å². The van der Waals surface area contributed by atoms with Gasteiger partial charge in [0.15, 0.2) is 0 Å². The average Bonchev–Trinajstić information content (AvgIpc) is 2.99. The van der Waals surface area contributed by atoms with Gasteiger partial charge < -0.3 is 5.32 Å². The number of nitrogens with two attached hydrogens (primary N) is 1. The van der Waals surface area contributed by atoms with Crippen molar-refractivity contribution in [3.63, 3.8) is 0 Å². The second kappa shape index (κ2) is 7.29. The van der Waals surface area contributed by atoms with Gasteiger partial charge in [-0.05, 0) is 36.8 Å². The van der Waals surface area contributed by atoms with Crippen LogP contribution in [0, 0.1) is 0 Å². The van der Waals surface area contributed by atoms with E-state index in [0.29, 0.717) is 12.0 Å². The molecule has 0 radical (unpaired) electrons. The summed E-state index contributed by atoms with van der Waals surface area (Å²) in [6.45, 7) is 4.34. The molecule has 0 spiro atoms. The number of nitrogens with zero attached hydrogens (tertiary/aromatic N) is 1. The Balaban J connectivity index is 2.22. The molecule has 4 nitrogen and oxygen atoms in total. The van der Waals surface area contributed by atoms with Crippen molar-refractivity contribution in [2.24, 2.45) is 10.8 Å². The van der Waals surface area contributed by atoms with E-state index in [2.05, 4.69) is 42.8 Å². The maximum atomic E-state index is 5.64. The Bertz CT molecular complexity index is 439. The zero-order chi connectivity index (χ0) is 14.4. The lowest BCUT2D eigenvalue weighted by atomic mass is 10.0. The first-order valence-corrected chi connectivity index (χ1v) is 7.70. The van der Waals surface area contributed by atoms with Crippen molar-refractivity contribution >= 4 is 11.6 Å². The van der Waals surface area contributed by atoms with Crippen molar-refractivity contribution in [1.29, 1.82) is 0 Å². The molecule has 0 heterocycles. The molecule has 0 amide bonds. The summed E-state index contributed by atoms with van der Waals surface area (Å²) in [6.07, 6.45) is 6.89. The van der Waals surface area contributed by atoms with Gasteiger partial charge in [0.2, 0.25) is 5.96 Å². The van der Waals surface area contributed by atoms with Crippen LogP contribution in [0.25, 0.3) is 0 Å². The van der Waals surface area contributed by atoms with Crippen molar-refractivity contribution in [2.75, 3.05) is 5.32 Å². The van der Waals surface area contributed by atoms with Crippen molar-refractivity contribution in [2.45, 2.75) is 58.4 Å².